The van der Waals surface area contributed by atoms with Crippen molar-refractivity contribution in [2.45, 2.75) is 27.3 Å². The molecule has 0 aliphatic carbocycles. The Balaban J connectivity index is 1.21. The average Bonchev–Trinajstić information content (AvgIpc) is 3.44. The van der Waals surface area contributed by atoms with Crippen LogP contribution in [0.2, 0.25) is 0 Å². The van der Waals surface area contributed by atoms with Gasteiger partial charge < -0.3 is 18.6 Å². The Morgan fingerprint density at radius 2 is 1.82 bits per heavy atom. The number of ether oxygens (including phenoxy) is 1. The highest BCUT2D eigenvalue weighted by molar-refractivity contribution is 5.99. The Kier molecular flexibility index (Phi) is 6.06. The average molecular weight is 461 g/mol. The molecule has 1 aliphatic heterocycles. The van der Waals surface area contributed by atoms with Gasteiger partial charge >= 0.3 is 0 Å². The summed E-state index contributed by atoms with van der Waals surface area (Å²) in [5.74, 6) is 2.27. The maximum absolute atomic E-state index is 13.2. The summed E-state index contributed by atoms with van der Waals surface area (Å²) in [7, 11) is 0. The van der Waals surface area contributed by atoms with Crippen LogP contribution in [0.4, 0.5) is 0 Å². The third kappa shape index (κ3) is 4.41. The minimum Gasteiger partial charge on any atom is -0.494 e. The molecule has 0 bridgehead atoms. The summed E-state index contributed by atoms with van der Waals surface area (Å²) in [6.07, 6.45) is 0. The Labute approximate surface area is 198 Å². The highest BCUT2D eigenvalue weighted by Gasteiger charge is 2.27. The third-order valence-corrected chi connectivity index (χ3v) is 6.21. The molecule has 1 amide bonds. The molecule has 4 aromatic rings. The van der Waals surface area contributed by atoms with E-state index in [2.05, 4.69) is 15.0 Å². The molecule has 34 heavy (non-hydrogen) atoms. The van der Waals surface area contributed by atoms with Gasteiger partial charge in [0.2, 0.25) is 11.7 Å². The van der Waals surface area contributed by atoms with Gasteiger partial charge in [0, 0.05) is 42.7 Å². The summed E-state index contributed by atoms with van der Waals surface area (Å²) >= 11 is 0. The quantitative estimate of drug-likeness (QED) is 0.420. The SMILES string of the molecule is CCOc1ccc2oc(C(=O)N3CCN(Cc4nc(-c5ccc(C)cc5)no4)CC3)c(C)c2c1. The van der Waals surface area contributed by atoms with E-state index in [1.165, 1.54) is 5.56 Å². The van der Waals surface area contributed by atoms with Gasteiger partial charge in [-0.25, -0.2) is 0 Å². The lowest BCUT2D eigenvalue weighted by molar-refractivity contribution is 0.0586. The summed E-state index contributed by atoms with van der Waals surface area (Å²) < 4.78 is 17.0. The van der Waals surface area contributed by atoms with Crippen LogP contribution in [0.1, 0.15) is 34.5 Å². The fourth-order valence-electron chi connectivity index (χ4n) is 4.24. The minimum atomic E-state index is -0.0780. The first-order valence-corrected chi connectivity index (χ1v) is 11.6. The Morgan fingerprint density at radius 1 is 1.06 bits per heavy atom. The van der Waals surface area contributed by atoms with E-state index >= 15 is 0 Å². The predicted molar refractivity (Wildman–Crippen MR) is 128 cm³/mol. The molecule has 0 saturated carbocycles. The van der Waals surface area contributed by atoms with Crippen molar-refractivity contribution in [1.82, 2.24) is 19.9 Å². The monoisotopic (exact) mass is 460 g/mol. The van der Waals surface area contributed by atoms with Crippen LogP contribution in [-0.4, -0.2) is 58.6 Å². The van der Waals surface area contributed by atoms with Gasteiger partial charge in [-0.2, -0.15) is 4.98 Å². The number of nitrogens with zero attached hydrogens (tertiary/aromatic N) is 4. The number of aromatic nitrogens is 2. The third-order valence-electron chi connectivity index (χ3n) is 6.21. The van der Waals surface area contributed by atoms with Crippen LogP contribution in [0.3, 0.4) is 0 Å². The lowest BCUT2D eigenvalue weighted by atomic mass is 10.1. The number of amides is 1. The van der Waals surface area contributed by atoms with Crippen molar-refractivity contribution < 1.29 is 18.5 Å². The second-order valence-electron chi connectivity index (χ2n) is 8.59. The van der Waals surface area contributed by atoms with Crippen LogP contribution >= 0.6 is 0 Å². The van der Waals surface area contributed by atoms with Crippen LogP contribution in [0.15, 0.2) is 51.4 Å². The standard InChI is InChI=1S/C26H28N4O4/c1-4-32-20-9-10-22-21(15-20)18(3)24(33-22)26(31)30-13-11-29(12-14-30)16-23-27-25(28-34-23)19-7-5-17(2)6-8-19/h5-10,15H,4,11-14,16H2,1-3H3. The van der Waals surface area contributed by atoms with E-state index in [9.17, 15) is 4.79 Å². The highest BCUT2D eigenvalue weighted by Crippen LogP contribution is 2.30. The number of fused-ring (bicyclic) bond motifs is 1. The molecule has 0 radical (unpaired) electrons. The summed E-state index contributed by atoms with van der Waals surface area (Å²) in [6, 6.07) is 13.7. The van der Waals surface area contributed by atoms with Crippen molar-refractivity contribution in [3.8, 4) is 17.1 Å². The second kappa shape index (κ2) is 9.30. The van der Waals surface area contributed by atoms with Crippen LogP contribution < -0.4 is 4.74 Å². The van der Waals surface area contributed by atoms with E-state index in [-0.39, 0.29) is 5.91 Å². The Bertz CT molecular complexity index is 1300. The molecule has 2 aromatic heterocycles. The van der Waals surface area contributed by atoms with Crippen molar-refractivity contribution >= 4 is 16.9 Å². The molecule has 3 heterocycles. The van der Waals surface area contributed by atoms with E-state index < -0.39 is 0 Å². The van der Waals surface area contributed by atoms with Gasteiger partial charge in [-0.15, -0.1) is 0 Å². The lowest BCUT2D eigenvalue weighted by Gasteiger charge is -2.33. The molecule has 2 aromatic carbocycles. The highest BCUT2D eigenvalue weighted by atomic mass is 16.5. The summed E-state index contributed by atoms with van der Waals surface area (Å²) in [4.78, 5) is 21.8. The molecule has 176 valence electrons. The van der Waals surface area contributed by atoms with Crippen molar-refractivity contribution in [2.24, 2.45) is 0 Å². The molecule has 8 nitrogen and oxygen atoms in total. The fourth-order valence-corrected chi connectivity index (χ4v) is 4.24. The molecule has 0 spiro atoms. The fraction of sp³-hybridized carbons (Fsp3) is 0.346. The van der Waals surface area contributed by atoms with Crippen molar-refractivity contribution in [3.05, 3.63) is 65.2 Å². The molecule has 1 saturated heterocycles. The van der Waals surface area contributed by atoms with Gasteiger partial charge in [-0.05, 0) is 39.0 Å². The normalized spacial score (nSPS) is 14.6. The maximum Gasteiger partial charge on any atom is 0.289 e. The topological polar surface area (TPSA) is 84.8 Å². The number of carbonyl (C=O) groups excluding carboxylic acids is 1. The Hall–Kier alpha value is -3.65. The molecule has 5 rings (SSSR count). The first kappa shape index (κ1) is 22.2. The largest absolute Gasteiger partial charge is 0.494 e. The molecule has 0 atom stereocenters. The second-order valence-corrected chi connectivity index (χ2v) is 8.59. The predicted octanol–water partition coefficient (Wildman–Crippen LogP) is 4.46. The van der Waals surface area contributed by atoms with E-state index in [1.807, 2.05) is 68.1 Å². The zero-order valence-corrected chi connectivity index (χ0v) is 19.7. The zero-order chi connectivity index (χ0) is 23.7. The summed E-state index contributed by atoms with van der Waals surface area (Å²) in [5, 5.41) is 5.02. The van der Waals surface area contributed by atoms with Crippen LogP contribution in [0.25, 0.3) is 22.4 Å². The molecule has 1 fully saturated rings. The van der Waals surface area contributed by atoms with E-state index in [0.717, 1.165) is 35.4 Å². The van der Waals surface area contributed by atoms with Gasteiger partial charge in [0.05, 0.1) is 13.2 Å². The molecule has 0 unspecified atom stereocenters. The molecular formula is C26H28N4O4. The van der Waals surface area contributed by atoms with Crippen molar-refractivity contribution in [1.29, 1.82) is 0 Å². The van der Waals surface area contributed by atoms with Gasteiger partial charge in [-0.3, -0.25) is 9.69 Å². The molecule has 1 aliphatic rings. The van der Waals surface area contributed by atoms with Gasteiger partial charge in [0.25, 0.3) is 5.91 Å². The molecule has 8 heteroatoms. The van der Waals surface area contributed by atoms with E-state index in [1.54, 1.807) is 0 Å². The van der Waals surface area contributed by atoms with Crippen LogP contribution in [0.5, 0.6) is 5.75 Å². The number of benzene rings is 2. The minimum absolute atomic E-state index is 0.0780. The van der Waals surface area contributed by atoms with Crippen molar-refractivity contribution in [2.75, 3.05) is 32.8 Å². The van der Waals surface area contributed by atoms with Gasteiger partial charge in [-0.1, -0.05) is 35.0 Å². The zero-order valence-electron chi connectivity index (χ0n) is 19.7. The molecular weight excluding hydrogens is 432 g/mol. The Morgan fingerprint density at radius 3 is 2.56 bits per heavy atom. The molecule has 0 N–H and O–H groups in total. The summed E-state index contributed by atoms with van der Waals surface area (Å²) in [6.45, 7) is 9.73. The van der Waals surface area contributed by atoms with Crippen molar-refractivity contribution in [3.63, 3.8) is 0 Å². The number of rotatable bonds is 6. The number of piperazine rings is 1. The summed E-state index contributed by atoms with van der Waals surface area (Å²) in [5.41, 5.74) is 3.67. The first-order valence-electron chi connectivity index (χ1n) is 11.6. The number of aryl methyl sites for hydroxylation is 2. The number of furan rings is 1. The van der Waals surface area contributed by atoms with Crippen LogP contribution in [-0.2, 0) is 6.54 Å². The number of hydrogen-bond donors (Lipinski definition) is 0. The van der Waals surface area contributed by atoms with Gasteiger partial charge in [0.15, 0.2) is 5.76 Å². The smallest absolute Gasteiger partial charge is 0.289 e. The van der Waals surface area contributed by atoms with E-state index in [0.29, 0.717) is 49.3 Å². The number of hydrogen-bond acceptors (Lipinski definition) is 7. The lowest BCUT2D eigenvalue weighted by Crippen LogP contribution is -2.48. The maximum atomic E-state index is 13.2. The van der Waals surface area contributed by atoms with Crippen LogP contribution in [0, 0.1) is 13.8 Å². The number of carbonyl (C=O) groups is 1. The van der Waals surface area contributed by atoms with Gasteiger partial charge in [0.1, 0.15) is 11.3 Å². The first-order chi connectivity index (χ1) is 16.5. The van der Waals surface area contributed by atoms with E-state index in [4.69, 9.17) is 13.7 Å².